The summed E-state index contributed by atoms with van der Waals surface area (Å²) in [7, 11) is 0. The van der Waals surface area contributed by atoms with Crippen molar-refractivity contribution in [3.05, 3.63) is 64.1 Å². The molecule has 3 rings (SSSR count). The van der Waals surface area contributed by atoms with Gasteiger partial charge in [0.1, 0.15) is 11.8 Å². The first kappa shape index (κ1) is 16.9. The molecule has 0 spiro atoms. The highest BCUT2D eigenvalue weighted by Crippen LogP contribution is 2.28. The number of halogens is 1. The molecule has 1 aliphatic rings. The molecule has 0 saturated heterocycles. The van der Waals surface area contributed by atoms with E-state index in [1.165, 1.54) is 5.01 Å². The van der Waals surface area contributed by atoms with Crippen LogP contribution < -0.4 is 9.75 Å². The normalized spacial score (nSPS) is 15.2. The minimum Gasteiger partial charge on any atom is -0.478 e. The molecule has 0 aliphatic carbocycles. The summed E-state index contributed by atoms with van der Waals surface area (Å²) in [6.45, 7) is 1.74. The largest absolute Gasteiger partial charge is 0.478 e. The van der Waals surface area contributed by atoms with Gasteiger partial charge in [-0.25, -0.2) is 0 Å². The fraction of sp³-hybridized carbons (Fsp3) is 0.105. The zero-order valence-corrected chi connectivity index (χ0v) is 15.0. The number of hydrogen-bond acceptors (Lipinski definition) is 4. The summed E-state index contributed by atoms with van der Waals surface area (Å²) < 4.78 is 6.35. The van der Waals surface area contributed by atoms with Crippen LogP contribution in [0.2, 0.25) is 0 Å². The Bertz CT molecular complexity index is 911. The van der Waals surface area contributed by atoms with Gasteiger partial charge < -0.3 is 4.74 Å². The molecule has 0 atom stereocenters. The molecule has 2 aromatic rings. The minimum absolute atomic E-state index is 0.0494. The van der Waals surface area contributed by atoms with Gasteiger partial charge in [0.15, 0.2) is 6.61 Å². The van der Waals surface area contributed by atoms with Gasteiger partial charge >= 0.3 is 0 Å². The van der Waals surface area contributed by atoms with Crippen LogP contribution in [0.5, 0.6) is 5.75 Å². The summed E-state index contributed by atoms with van der Waals surface area (Å²) >= 11 is 3.38. The molecule has 0 radical (unpaired) electrons. The van der Waals surface area contributed by atoms with Crippen LogP contribution >= 0.6 is 15.9 Å². The molecule has 0 aromatic heterocycles. The third-order valence-electron chi connectivity index (χ3n) is 3.64. The molecule has 5 nitrogen and oxygen atoms in total. The van der Waals surface area contributed by atoms with Gasteiger partial charge in [0.2, 0.25) is 0 Å². The predicted molar refractivity (Wildman–Crippen MR) is 100 cm³/mol. The van der Waals surface area contributed by atoms with E-state index in [1.54, 1.807) is 19.1 Å². The van der Waals surface area contributed by atoms with Crippen LogP contribution in [0.25, 0.3) is 6.08 Å². The van der Waals surface area contributed by atoms with Crippen LogP contribution in [0.3, 0.4) is 0 Å². The molecule has 0 unspecified atom stereocenters. The van der Waals surface area contributed by atoms with E-state index in [0.29, 0.717) is 22.7 Å². The van der Waals surface area contributed by atoms with Crippen molar-refractivity contribution in [2.75, 3.05) is 11.6 Å². The molecular formula is C19H14BrN3O2. The average molecular weight is 396 g/mol. The van der Waals surface area contributed by atoms with Crippen molar-refractivity contribution < 1.29 is 9.53 Å². The molecule has 2 aromatic carbocycles. The van der Waals surface area contributed by atoms with Gasteiger partial charge in [-0.1, -0.05) is 34.1 Å². The lowest BCUT2D eigenvalue weighted by molar-refractivity contribution is -0.114. The average Bonchev–Trinajstić information content (AvgIpc) is 2.90. The lowest BCUT2D eigenvalue weighted by Crippen LogP contribution is -2.21. The van der Waals surface area contributed by atoms with Crippen LogP contribution in [0.4, 0.5) is 5.69 Å². The molecule has 1 amide bonds. The molecule has 124 valence electrons. The topological polar surface area (TPSA) is 65.7 Å². The standard InChI is InChI=1S/C19H14BrN3O2/c1-13-17(12-14-4-2-3-5-18(14)25-11-10-21)19(24)23(22-13)16-8-6-15(20)7-9-16/h2-9,12H,11H2,1H3/b17-12-. The maximum atomic E-state index is 12.8. The Morgan fingerprint density at radius 2 is 1.96 bits per heavy atom. The van der Waals surface area contributed by atoms with E-state index >= 15 is 0 Å². The summed E-state index contributed by atoms with van der Waals surface area (Å²) in [6.07, 6.45) is 1.74. The Kier molecular flexibility index (Phi) is 4.96. The summed E-state index contributed by atoms with van der Waals surface area (Å²) in [6, 6.07) is 16.6. The molecular weight excluding hydrogens is 382 g/mol. The van der Waals surface area contributed by atoms with Gasteiger partial charge in [-0.3, -0.25) is 4.79 Å². The fourth-order valence-electron chi connectivity index (χ4n) is 2.44. The zero-order valence-electron chi connectivity index (χ0n) is 13.4. The number of benzene rings is 2. The minimum atomic E-state index is -0.199. The molecule has 6 heteroatoms. The first-order chi connectivity index (χ1) is 12.1. The Balaban J connectivity index is 1.93. The van der Waals surface area contributed by atoms with Crippen molar-refractivity contribution >= 4 is 39.3 Å². The molecule has 0 bridgehead atoms. The Hall–Kier alpha value is -2.91. The van der Waals surface area contributed by atoms with Gasteiger partial charge in [-0.05, 0) is 43.3 Å². The maximum absolute atomic E-state index is 12.8. The zero-order chi connectivity index (χ0) is 17.8. The second-order valence-electron chi connectivity index (χ2n) is 5.32. The monoisotopic (exact) mass is 395 g/mol. The number of carbonyl (C=O) groups excluding carboxylic acids is 1. The lowest BCUT2D eigenvalue weighted by Gasteiger charge is -2.11. The number of amides is 1. The van der Waals surface area contributed by atoms with E-state index in [0.717, 1.165) is 10.0 Å². The number of anilines is 1. The first-order valence-electron chi connectivity index (χ1n) is 7.56. The molecule has 0 saturated carbocycles. The van der Waals surface area contributed by atoms with Gasteiger partial charge in [-0.2, -0.15) is 15.4 Å². The number of ether oxygens (including phenoxy) is 1. The number of para-hydroxylation sites is 1. The molecule has 25 heavy (non-hydrogen) atoms. The quantitative estimate of drug-likeness (QED) is 0.729. The van der Waals surface area contributed by atoms with E-state index in [1.807, 2.05) is 48.5 Å². The SMILES string of the molecule is CC1=NN(c2ccc(Br)cc2)C(=O)/C1=C\c1ccccc1OCC#N. The van der Waals surface area contributed by atoms with Gasteiger partial charge in [0, 0.05) is 10.0 Å². The van der Waals surface area contributed by atoms with E-state index in [9.17, 15) is 4.79 Å². The van der Waals surface area contributed by atoms with Crippen molar-refractivity contribution in [3.8, 4) is 11.8 Å². The fourth-order valence-corrected chi connectivity index (χ4v) is 2.70. The Morgan fingerprint density at radius 1 is 1.24 bits per heavy atom. The van der Waals surface area contributed by atoms with Crippen molar-refractivity contribution in [2.24, 2.45) is 5.10 Å². The Morgan fingerprint density at radius 3 is 2.68 bits per heavy atom. The van der Waals surface area contributed by atoms with Crippen LogP contribution in [-0.4, -0.2) is 18.2 Å². The molecule has 1 heterocycles. The van der Waals surface area contributed by atoms with E-state index < -0.39 is 0 Å². The highest BCUT2D eigenvalue weighted by molar-refractivity contribution is 9.10. The Labute approximate surface area is 154 Å². The third-order valence-corrected chi connectivity index (χ3v) is 4.17. The van der Waals surface area contributed by atoms with Crippen LogP contribution in [-0.2, 0) is 4.79 Å². The molecule has 0 N–H and O–H groups in total. The summed E-state index contributed by atoms with van der Waals surface area (Å²) in [5.74, 6) is 0.356. The first-order valence-corrected chi connectivity index (χ1v) is 8.35. The highest BCUT2D eigenvalue weighted by Gasteiger charge is 2.28. The number of hydrazone groups is 1. The predicted octanol–water partition coefficient (Wildman–Crippen LogP) is 4.16. The van der Waals surface area contributed by atoms with Crippen LogP contribution in [0.1, 0.15) is 12.5 Å². The van der Waals surface area contributed by atoms with Crippen molar-refractivity contribution in [2.45, 2.75) is 6.92 Å². The van der Waals surface area contributed by atoms with Gasteiger partial charge in [-0.15, -0.1) is 0 Å². The summed E-state index contributed by atoms with van der Waals surface area (Å²) in [4.78, 5) is 12.8. The number of rotatable bonds is 4. The van der Waals surface area contributed by atoms with Crippen LogP contribution in [0.15, 0.2) is 63.7 Å². The van der Waals surface area contributed by atoms with Gasteiger partial charge in [0.25, 0.3) is 5.91 Å². The highest BCUT2D eigenvalue weighted by atomic mass is 79.9. The van der Waals surface area contributed by atoms with E-state index in [4.69, 9.17) is 10.00 Å². The summed E-state index contributed by atoms with van der Waals surface area (Å²) in [5.41, 5.74) is 2.55. The van der Waals surface area contributed by atoms with E-state index in [2.05, 4.69) is 21.0 Å². The van der Waals surface area contributed by atoms with Crippen molar-refractivity contribution in [1.29, 1.82) is 5.26 Å². The number of carbonyl (C=O) groups is 1. The van der Waals surface area contributed by atoms with Crippen molar-refractivity contribution in [3.63, 3.8) is 0 Å². The molecule has 0 fully saturated rings. The second-order valence-corrected chi connectivity index (χ2v) is 6.24. The number of nitrogens with zero attached hydrogens (tertiary/aromatic N) is 3. The smallest absolute Gasteiger partial charge is 0.280 e. The number of hydrogen-bond donors (Lipinski definition) is 0. The van der Waals surface area contributed by atoms with Crippen molar-refractivity contribution in [1.82, 2.24) is 0 Å². The maximum Gasteiger partial charge on any atom is 0.280 e. The van der Waals surface area contributed by atoms with Crippen LogP contribution in [0, 0.1) is 11.3 Å². The second kappa shape index (κ2) is 7.32. The number of nitriles is 1. The third kappa shape index (κ3) is 3.62. The molecule has 1 aliphatic heterocycles. The van der Waals surface area contributed by atoms with Gasteiger partial charge in [0.05, 0.1) is 17.0 Å². The summed E-state index contributed by atoms with van der Waals surface area (Å²) in [5, 5.41) is 14.4. The van der Waals surface area contributed by atoms with E-state index in [-0.39, 0.29) is 12.5 Å². The lowest BCUT2D eigenvalue weighted by atomic mass is 10.1.